The SMILES string of the molecule is CC(C)c1ccc(OCc2ccc(C(=O)OCC[NH+]3CCCCC3)o2)cc1. The van der Waals surface area contributed by atoms with Gasteiger partial charge in [-0.05, 0) is 55.0 Å². The molecule has 1 aromatic heterocycles. The molecule has 1 aliphatic rings. The van der Waals surface area contributed by atoms with Crippen molar-refractivity contribution >= 4 is 5.97 Å². The second-order valence-electron chi connectivity index (χ2n) is 7.47. The number of hydrogen-bond acceptors (Lipinski definition) is 4. The summed E-state index contributed by atoms with van der Waals surface area (Å²) in [5.41, 5.74) is 1.27. The lowest BCUT2D eigenvalue weighted by Gasteiger charge is -2.22. The number of rotatable bonds is 8. The van der Waals surface area contributed by atoms with E-state index < -0.39 is 5.97 Å². The first-order valence-corrected chi connectivity index (χ1v) is 9.94. The van der Waals surface area contributed by atoms with E-state index in [4.69, 9.17) is 13.9 Å². The number of nitrogens with one attached hydrogen (secondary N) is 1. The summed E-state index contributed by atoms with van der Waals surface area (Å²) >= 11 is 0. The molecule has 2 aromatic rings. The fourth-order valence-electron chi connectivity index (χ4n) is 3.33. The van der Waals surface area contributed by atoms with Gasteiger partial charge >= 0.3 is 5.97 Å². The minimum atomic E-state index is -0.404. The van der Waals surface area contributed by atoms with Crippen molar-refractivity contribution in [1.82, 2.24) is 0 Å². The van der Waals surface area contributed by atoms with Crippen LogP contribution in [0.5, 0.6) is 5.75 Å². The average Bonchev–Trinajstić information content (AvgIpc) is 3.17. The van der Waals surface area contributed by atoms with Crippen molar-refractivity contribution in [1.29, 1.82) is 0 Å². The van der Waals surface area contributed by atoms with Gasteiger partial charge in [-0.3, -0.25) is 0 Å². The highest BCUT2D eigenvalue weighted by Crippen LogP contribution is 2.20. The van der Waals surface area contributed by atoms with E-state index in [0.29, 0.717) is 18.3 Å². The Labute approximate surface area is 161 Å². The Morgan fingerprint density at radius 1 is 1.07 bits per heavy atom. The quantitative estimate of drug-likeness (QED) is 0.723. The number of benzene rings is 1. The Hall–Kier alpha value is -2.27. The highest BCUT2D eigenvalue weighted by molar-refractivity contribution is 5.86. The molecule has 0 aliphatic carbocycles. The van der Waals surface area contributed by atoms with Crippen molar-refractivity contribution in [2.75, 3.05) is 26.2 Å². The molecule has 0 saturated carbocycles. The Balaban J connectivity index is 1.42. The largest absolute Gasteiger partial charge is 0.486 e. The van der Waals surface area contributed by atoms with Gasteiger partial charge < -0.3 is 18.8 Å². The Kier molecular flexibility index (Phi) is 6.93. The molecule has 1 aliphatic heterocycles. The molecular formula is C22H30NO4+. The van der Waals surface area contributed by atoms with E-state index in [2.05, 4.69) is 26.0 Å². The maximum absolute atomic E-state index is 12.1. The summed E-state index contributed by atoms with van der Waals surface area (Å²) in [6, 6.07) is 11.4. The summed E-state index contributed by atoms with van der Waals surface area (Å²) in [5.74, 6) is 1.71. The minimum absolute atomic E-state index is 0.234. The van der Waals surface area contributed by atoms with E-state index >= 15 is 0 Å². The van der Waals surface area contributed by atoms with Crippen molar-refractivity contribution in [2.24, 2.45) is 0 Å². The van der Waals surface area contributed by atoms with Crippen molar-refractivity contribution in [3.05, 3.63) is 53.5 Å². The molecule has 0 radical (unpaired) electrons. The standard InChI is InChI=1S/C22H29NO4/c1-17(2)18-6-8-19(9-7-18)26-16-20-10-11-21(27-20)22(24)25-15-14-23-12-4-3-5-13-23/h6-11,17H,3-5,12-16H2,1-2H3/p+1. The summed E-state index contributed by atoms with van der Waals surface area (Å²) in [7, 11) is 0. The molecule has 2 heterocycles. The second kappa shape index (κ2) is 9.60. The summed E-state index contributed by atoms with van der Waals surface area (Å²) in [4.78, 5) is 13.6. The Bertz CT molecular complexity index is 714. The molecule has 146 valence electrons. The Morgan fingerprint density at radius 3 is 2.52 bits per heavy atom. The van der Waals surface area contributed by atoms with Gasteiger partial charge in [-0.25, -0.2) is 4.79 Å². The zero-order valence-electron chi connectivity index (χ0n) is 16.3. The van der Waals surface area contributed by atoms with Crippen LogP contribution in [0, 0.1) is 0 Å². The molecule has 0 amide bonds. The maximum Gasteiger partial charge on any atom is 0.374 e. The molecule has 1 saturated heterocycles. The van der Waals surface area contributed by atoms with E-state index in [0.717, 1.165) is 12.3 Å². The zero-order valence-corrected chi connectivity index (χ0v) is 16.3. The van der Waals surface area contributed by atoms with Crippen molar-refractivity contribution in [2.45, 2.75) is 45.6 Å². The minimum Gasteiger partial charge on any atom is -0.486 e. The number of ether oxygens (including phenoxy) is 2. The molecule has 3 rings (SSSR count). The number of furan rings is 1. The first kappa shape index (κ1) is 19.5. The monoisotopic (exact) mass is 372 g/mol. The van der Waals surface area contributed by atoms with Gasteiger partial charge in [0, 0.05) is 0 Å². The van der Waals surface area contributed by atoms with Crippen LogP contribution in [0.15, 0.2) is 40.8 Å². The zero-order chi connectivity index (χ0) is 19.1. The molecule has 5 nitrogen and oxygen atoms in total. The fourth-order valence-corrected chi connectivity index (χ4v) is 3.33. The van der Waals surface area contributed by atoms with Crippen molar-refractivity contribution in [3.8, 4) is 5.75 Å². The van der Waals surface area contributed by atoms with Crippen LogP contribution < -0.4 is 9.64 Å². The van der Waals surface area contributed by atoms with Gasteiger partial charge in [0.1, 0.15) is 31.3 Å². The van der Waals surface area contributed by atoms with Gasteiger partial charge in [0.2, 0.25) is 5.76 Å². The van der Waals surface area contributed by atoms with E-state index in [1.54, 1.807) is 12.1 Å². The van der Waals surface area contributed by atoms with Gasteiger partial charge in [0.05, 0.1) is 13.1 Å². The van der Waals surface area contributed by atoms with E-state index in [-0.39, 0.29) is 12.4 Å². The normalized spacial score (nSPS) is 15.1. The van der Waals surface area contributed by atoms with E-state index in [9.17, 15) is 4.79 Å². The predicted molar refractivity (Wildman–Crippen MR) is 103 cm³/mol. The van der Waals surface area contributed by atoms with Crippen LogP contribution in [0.1, 0.15) is 60.9 Å². The van der Waals surface area contributed by atoms with Crippen LogP contribution in [-0.2, 0) is 11.3 Å². The van der Waals surface area contributed by atoms with Crippen LogP contribution in [0.3, 0.4) is 0 Å². The van der Waals surface area contributed by atoms with Crippen LogP contribution >= 0.6 is 0 Å². The summed E-state index contributed by atoms with van der Waals surface area (Å²) in [6.45, 7) is 8.26. The number of quaternary nitrogens is 1. The predicted octanol–water partition coefficient (Wildman–Crippen LogP) is 3.21. The number of esters is 1. The van der Waals surface area contributed by atoms with Crippen LogP contribution in [0.4, 0.5) is 0 Å². The molecule has 5 heteroatoms. The maximum atomic E-state index is 12.1. The number of hydrogen-bond donors (Lipinski definition) is 1. The van der Waals surface area contributed by atoms with Gasteiger partial charge in [-0.2, -0.15) is 0 Å². The van der Waals surface area contributed by atoms with Gasteiger partial charge in [0.25, 0.3) is 0 Å². The summed E-state index contributed by atoms with van der Waals surface area (Å²) in [5, 5.41) is 0. The van der Waals surface area contributed by atoms with Crippen LogP contribution in [0.25, 0.3) is 0 Å². The molecule has 27 heavy (non-hydrogen) atoms. The third kappa shape index (κ3) is 5.86. The second-order valence-corrected chi connectivity index (χ2v) is 7.47. The number of carbonyl (C=O) groups excluding carboxylic acids is 1. The third-order valence-corrected chi connectivity index (χ3v) is 5.04. The summed E-state index contributed by atoms with van der Waals surface area (Å²) < 4.78 is 16.6. The van der Waals surface area contributed by atoms with Gasteiger partial charge in [-0.1, -0.05) is 26.0 Å². The molecule has 0 bridgehead atoms. The third-order valence-electron chi connectivity index (χ3n) is 5.04. The highest BCUT2D eigenvalue weighted by Gasteiger charge is 2.16. The lowest BCUT2D eigenvalue weighted by atomic mass is 10.0. The average molecular weight is 372 g/mol. The van der Waals surface area contributed by atoms with Crippen molar-refractivity contribution in [3.63, 3.8) is 0 Å². The molecule has 0 spiro atoms. The topological polar surface area (TPSA) is 53.1 Å². The lowest BCUT2D eigenvalue weighted by Crippen LogP contribution is -3.13. The molecule has 0 atom stereocenters. The molecular weight excluding hydrogens is 342 g/mol. The number of piperidine rings is 1. The van der Waals surface area contributed by atoms with Crippen LogP contribution in [-0.4, -0.2) is 32.2 Å². The first-order valence-electron chi connectivity index (χ1n) is 9.94. The molecule has 0 unspecified atom stereocenters. The number of carbonyl (C=O) groups is 1. The van der Waals surface area contributed by atoms with Crippen molar-refractivity contribution < 1.29 is 23.6 Å². The smallest absolute Gasteiger partial charge is 0.374 e. The molecule has 1 fully saturated rings. The van der Waals surface area contributed by atoms with Gasteiger partial charge in [0.15, 0.2) is 0 Å². The van der Waals surface area contributed by atoms with E-state index in [1.807, 2.05) is 12.1 Å². The van der Waals surface area contributed by atoms with Gasteiger partial charge in [-0.15, -0.1) is 0 Å². The van der Waals surface area contributed by atoms with E-state index in [1.165, 1.54) is 42.8 Å². The molecule has 1 aromatic carbocycles. The first-order chi connectivity index (χ1) is 13.1. The number of likely N-dealkylation sites (tertiary alicyclic amines) is 1. The highest BCUT2D eigenvalue weighted by atomic mass is 16.5. The lowest BCUT2D eigenvalue weighted by molar-refractivity contribution is -0.905. The molecule has 1 N–H and O–H groups in total. The summed E-state index contributed by atoms with van der Waals surface area (Å²) in [6.07, 6.45) is 3.86. The Morgan fingerprint density at radius 2 is 1.81 bits per heavy atom. The fraction of sp³-hybridized carbons (Fsp3) is 0.500. The van der Waals surface area contributed by atoms with Crippen LogP contribution in [0.2, 0.25) is 0 Å².